The van der Waals surface area contributed by atoms with Crippen molar-refractivity contribution in [2.75, 3.05) is 37.7 Å². The van der Waals surface area contributed by atoms with E-state index in [-0.39, 0.29) is 29.9 Å². The lowest BCUT2D eigenvalue weighted by molar-refractivity contribution is -0.125. The van der Waals surface area contributed by atoms with Crippen LogP contribution in [0.3, 0.4) is 0 Å². The zero-order valence-electron chi connectivity index (χ0n) is 17.7. The van der Waals surface area contributed by atoms with Gasteiger partial charge in [-0.15, -0.1) is 0 Å². The third-order valence-corrected chi connectivity index (χ3v) is 7.32. The summed E-state index contributed by atoms with van der Waals surface area (Å²) in [5.41, 5.74) is 0.321. The topological polar surface area (TPSA) is 96.0 Å². The van der Waals surface area contributed by atoms with Crippen molar-refractivity contribution in [1.29, 1.82) is 0 Å². The highest BCUT2D eigenvalue weighted by Gasteiger charge is 2.31. The second kappa shape index (κ2) is 9.78. The predicted octanol–water partition coefficient (Wildman–Crippen LogP) is 2.14. The Balaban J connectivity index is 1.81. The molecule has 2 aliphatic rings. The number of hydrogen-bond acceptors (Lipinski definition) is 5. The Bertz CT molecular complexity index is 877. The molecule has 1 aromatic rings. The van der Waals surface area contributed by atoms with Gasteiger partial charge in [-0.05, 0) is 43.4 Å². The Hall–Kier alpha value is -2.13. The zero-order valence-corrected chi connectivity index (χ0v) is 18.5. The number of rotatable bonds is 7. The molecule has 2 heterocycles. The number of ether oxygens (including phenoxy) is 1. The van der Waals surface area contributed by atoms with Crippen LogP contribution < -0.4 is 15.0 Å². The molecule has 2 amide bonds. The Labute approximate surface area is 178 Å². The van der Waals surface area contributed by atoms with E-state index >= 15 is 0 Å². The predicted molar refractivity (Wildman–Crippen MR) is 114 cm³/mol. The number of anilines is 1. The van der Waals surface area contributed by atoms with Crippen molar-refractivity contribution in [3.63, 3.8) is 0 Å². The second-order valence-electron chi connectivity index (χ2n) is 8.25. The van der Waals surface area contributed by atoms with Gasteiger partial charge in [-0.3, -0.25) is 14.5 Å². The molecule has 8 nitrogen and oxygen atoms in total. The summed E-state index contributed by atoms with van der Waals surface area (Å²) in [5.74, 6) is 0.214. The molecule has 0 saturated carbocycles. The van der Waals surface area contributed by atoms with Crippen LogP contribution >= 0.6 is 0 Å². The van der Waals surface area contributed by atoms with Crippen LogP contribution in [0.5, 0.6) is 5.75 Å². The van der Waals surface area contributed by atoms with Crippen LogP contribution in [0.4, 0.5) is 5.69 Å². The van der Waals surface area contributed by atoms with Crippen LogP contribution in [0.25, 0.3) is 0 Å². The van der Waals surface area contributed by atoms with Crippen molar-refractivity contribution in [3.8, 4) is 5.75 Å². The van der Waals surface area contributed by atoms with Gasteiger partial charge in [0.05, 0.1) is 10.6 Å². The molecular weight excluding hydrogens is 406 g/mol. The third-order valence-electron chi connectivity index (χ3n) is 5.42. The fourth-order valence-corrected chi connectivity index (χ4v) is 5.18. The molecule has 1 fully saturated rings. The summed E-state index contributed by atoms with van der Waals surface area (Å²) in [4.78, 5) is 26.2. The van der Waals surface area contributed by atoms with E-state index in [9.17, 15) is 18.0 Å². The zero-order chi connectivity index (χ0) is 21.7. The average Bonchev–Trinajstić information content (AvgIpc) is 2.99. The van der Waals surface area contributed by atoms with Crippen LogP contribution in [-0.2, 0) is 19.6 Å². The number of nitrogens with zero attached hydrogens (tertiary/aromatic N) is 2. The van der Waals surface area contributed by atoms with E-state index in [1.807, 2.05) is 0 Å². The fourth-order valence-electron chi connectivity index (χ4n) is 3.65. The van der Waals surface area contributed by atoms with Gasteiger partial charge in [-0.2, -0.15) is 4.31 Å². The first-order valence-electron chi connectivity index (χ1n) is 10.6. The molecule has 30 heavy (non-hydrogen) atoms. The summed E-state index contributed by atoms with van der Waals surface area (Å²) in [6.07, 6.45) is 4.58. The van der Waals surface area contributed by atoms with Crippen molar-refractivity contribution in [1.82, 2.24) is 9.62 Å². The van der Waals surface area contributed by atoms with E-state index in [0.29, 0.717) is 37.0 Å². The van der Waals surface area contributed by atoms with Crippen LogP contribution in [0, 0.1) is 5.92 Å². The molecular formula is C21H31N3O5S. The molecule has 166 valence electrons. The van der Waals surface area contributed by atoms with Gasteiger partial charge < -0.3 is 10.1 Å². The van der Waals surface area contributed by atoms with Crippen LogP contribution in [-0.4, -0.2) is 57.3 Å². The van der Waals surface area contributed by atoms with E-state index in [4.69, 9.17) is 4.74 Å². The number of fused-ring (bicyclic) bond motifs is 1. The molecule has 0 bridgehead atoms. The molecule has 2 aliphatic heterocycles. The van der Waals surface area contributed by atoms with Gasteiger partial charge in [0.25, 0.3) is 5.91 Å². The van der Waals surface area contributed by atoms with Gasteiger partial charge in [0, 0.05) is 19.6 Å². The SMILES string of the molecule is CC(C)CCNC(=O)CN1C(=O)COc2ccc(S(=O)(=O)N3CCCCCC3)cc21. The maximum atomic E-state index is 13.1. The fraction of sp³-hybridized carbons (Fsp3) is 0.619. The first-order chi connectivity index (χ1) is 14.3. The standard InChI is InChI=1S/C21H31N3O5S/c1-16(2)9-10-22-20(25)14-24-18-13-17(7-8-19(18)29-15-21(24)26)30(27,28)23-11-5-3-4-6-12-23/h7-8,13,16H,3-6,9-12,14-15H2,1-2H3,(H,22,25). The summed E-state index contributed by atoms with van der Waals surface area (Å²) < 4.78 is 33.3. The van der Waals surface area contributed by atoms with Crippen molar-refractivity contribution < 1.29 is 22.7 Å². The second-order valence-corrected chi connectivity index (χ2v) is 10.2. The van der Waals surface area contributed by atoms with Gasteiger partial charge in [0.15, 0.2) is 6.61 Å². The third kappa shape index (κ3) is 5.31. The number of carbonyl (C=O) groups is 2. The summed E-state index contributed by atoms with van der Waals surface area (Å²) in [5, 5.41) is 2.82. The monoisotopic (exact) mass is 437 g/mol. The first kappa shape index (κ1) is 22.6. The molecule has 1 saturated heterocycles. The number of carbonyl (C=O) groups excluding carboxylic acids is 2. The number of amides is 2. The summed E-state index contributed by atoms with van der Waals surface area (Å²) >= 11 is 0. The van der Waals surface area contributed by atoms with Crippen molar-refractivity contribution in [2.45, 2.75) is 50.8 Å². The summed E-state index contributed by atoms with van der Waals surface area (Å²) in [7, 11) is -3.67. The summed E-state index contributed by atoms with van der Waals surface area (Å²) in [6.45, 7) is 5.32. The van der Waals surface area contributed by atoms with Crippen LogP contribution in [0.15, 0.2) is 23.1 Å². The highest BCUT2D eigenvalue weighted by atomic mass is 32.2. The quantitative estimate of drug-likeness (QED) is 0.705. The van der Waals surface area contributed by atoms with E-state index < -0.39 is 10.0 Å². The first-order valence-corrected chi connectivity index (χ1v) is 12.1. The Morgan fingerprint density at radius 2 is 1.87 bits per heavy atom. The van der Waals surface area contributed by atoms with Crippen molar-refractivity contribution in [3.05, 3.63) is 18.2 Å². The molecule has 1 N–H and O–H groups in total. The number of hydrogen-bond donors (Lipinski definition) is 1. The lowest BCUT2D eigenvalue weighted by Crippen LogP contribution is -2.45. The molecule has 0 aliphatic carbocycles. The largest absolute Gasteiger partial charge is 0.482 e. The highest BCUT2D eigenvalue weighted by molar-refractivity contribution is 7.89. The van der Waals surface area contributed by atoms with Crippen molar-refractivity contribution >= 4 is 27.5 Å². The molecule has 0 atom stereocenters. The normalized spacial score (nSPS) is 18.0. The minimum Gasteiger partial charge on any atom is -0.482 e. The van der Waals surface area contributed by atoms with Gasteiger partial charge in [0.1, 0.15) is 12.3 Å². The maximum Gasteiger partial charge on any atom is 0.265 e. The van der Waals surface area contributed by atoms with E-state index in [0.717, 1.165) is 32.1 Å². The molecule has 9 heteroatoms. The van der Waals surface area contributed by atoms with E-state index in [1.54, 1.807) is 6.07 Å². The van der Waals surface area contributed by atoms with E-state index in [2.05, 4.69) is 19.2 Å². The lowest BCUT2D eigenvalue weighted by Gasteiger charge is -2.30. The van der Waals surface area contributed by atoms with Crippen LogP contribution in [0.2, 0.25) is 0 Å². The molecule has 0 aromatic heterocycles. The molecule has 3 rings (SSSR count). The molecule has 1 aromatic carbocycles. The minimum absolute atomic E-state index is 0.117. The van der Waals surface area contributed by atoms with Gasteiger partial charge in [-0.1, -0.05) is 26.7 Å². The Morgan fingerprint density at radius 1 is 1.17 bits per heavy atom. The number of sulfonamides is 1. The van der Waals surface area contributed by atoms with Crippen molar-refractivity contribution in [2.24, 2.45) is 5.92 Å². The lowest BCUT2D eigenvalue weighted by atomic mass is 10.1. The van der Waals surface area contributed by atoms with Crippen LogP contribution in [0.1, 0.15) is 46.0 Å². The number of benzene rings is 1. The minimum atomic E-state index is -3.67. The highest BCUT2D eigenvalue weighted by Crippen LogP contribution is 2.35. The molecule has 0 spiro atoms. The molecule has 0 radical (unpaired) electrons. The van der Waals surface area contributed by atoms with Gasteiger partial charge in [0.2, 0.25) is 15.9 Å². The smallest absolute Gasteiger partial charge is 0.265 e. The number of nitrogens with one attached hydrogen (secondary N) is 1. The van der Waals surface area contributed by atoms with E-state index in [1.165, 1.54) is 21.3 Å². The average molecular weight is 438 g/mol. The maximum absolute atomic E-state index is 13.1. The summed E-state index contributed by atoms with van der Waals surface area (Å²) in [6, 6.07) is 4.53. The Morgan fingerprint density at radius 3 is 2.53 bits per heavy atom. The Kier molecular flexibility index (Phi) is 7.36. The molecule has 0 unspecified atom stereocenters. The van der Waals surface area contributed by atoms with Gasteiger partial charge in [-0.25, -0.2) is 8.42 Å². The van der Waals surface area contributed by atoms with Gasteiger partial charge >= 0.3 is 0 Å².